The van der Waals surface area contributed by atoms with E-state index in [2.05, 4.69) is 37.2 Å². The summed E-state index contributed by atoms with van der Waals surface area (Å²) in [6, 6.07) is 10.2. The van der Waals surface area contributed by atoms with Crippen molar-refractivity contribution in [3.63, 3.8) is 0 Å². The molecule has 1 N–H and O–H groups in total. The third-order valence-electron chi connectivity index (χ3n) is 5.94. The van der Waals surface area contributed by atoms with Gasteiger partial charge >= 0.3 is 0 Å². The van der Waals surface area contributed by atoms with Gasteiger partial charge in [-0.05, 0) is 38.2 Å². The van der Waals surface area contributed by atoms with Crippen molar-refractivity contribution in [3.05, 3.63) is 48.4 Å². The molecule has 0 aliphatic carbocycles. The quantitative estimate of drug-likeness (QED) is 0.865. The zero-order valence-electron chi connectivity index (χ0n) is 16.6. The summed E-state index contributed by atoms with van der Waals surface area (Å²) < 4.78 is 0. The maximum Gasteiger partial charge on any atom is 0.223 e. The summed E-state index contributed by atoms with van der Waals surface area (Å²) in [4.78, 5) is 26.3. The van der Waals surface area contributed by atoms with E-state index in [9.17, 15) is 4.79 Å². The minimum absolute atomic E-state index is 0.0380. The zero-order valence-corrected chi connectivity index (χ0v) is 16.6. The highest BCUT2D eigenvalue weighted by Crippen LogP contribution is 2.31. The number of nitrogens with zero attached hydrogens (tertiary/aromatic N) is 4. The van der Waals surface area contributed by atoms with Gasteiger partial charge in [-0.15, -0.1) is 0 Å². The first kappa shape index (κ1) is 18.7. The van der Waals surface area contributed by atoms with E-state index in [4.69, 9.17) is 0 Å². The van der Waals surface area contributed by atoms with Crippen LogP contribution in [-0.4, -0.2) is 42.1 Å². The van der Waals surface area contributed by atoms with E-state index in [0.717, 1.165) is 56.1 Å². The average molecular weight is 380 g/mol. The smallest absolute Gasteiger partial charge is 0.223 e. The first-order valence-corrected chi connectivity index (χ1v) is 10.4. The molecule has 1 atom stereocenters. The number of hydrogen-bond donors (Lipinski definition) is 1. The van der Waals surface area contributed by atoms with Crippen LogP contribution in [0.4, 0.5) is 11.5 Å². The second kappa shape index (κ2) is 8.59. The van der Waals surface area contributed by atoms with E-state index in [1.165, 1.54) is 12.8 Å². The first-order chi connectivity index (χ1) is 13.7. The van der Waals surface area contributed by atoms with Crippen molar-refractivity contribution in [2.45, 2.75) is 38.6 Å². The van der Waals surface area contributed by atoms with Crippen molar-refractivity contribution >= 4 is 17.4 Å². The molecule has 2 aliphatic heterocycles. The summed E-state index contributed by atoms with van der Waals surface area (Å²) in [6.45, 7) is 5.92. The topological polar surface area (TPSA) is 61.4 Å². The minimum Gasteiger partial charge on any atom is -0.367 e. The number of benzene rings is 1. The number of carbonyl (C=O) groups is 1. The van der Waals surface area contributed by atoms with Gasteiger partial charge in [-0.3, -0.25) is 4.79 Å². The molecule has 6 heteroatoms. The molecule has 0 spiro atoms. The summed E-state index contributed by atoms with van der Waals surface area (Å²) in [5.41, 5.74) is 2.26. The zero-order chi connectivity index (χ0) is 19.3. The molecule has 2 aromatic rings. The van der Waals surface area contributed by atoms with Gasteiger partial charge in [0.1, 0.15) is 6.33 Å². The summed E-state index contributed by atoms with van der Waals surface area (Å²) in [5, 5.41) is 3.19. The van der Waals surface area contributed by atoms with E-state index in [1.807, 2.05) is 31.3 Å². The van der Waals surface area contributed by atoms with Gasteiger partial charge in [0.25, 0.3) is 0 Å². The summed E-state index contributed by atoms with van der Waals surface area (Å²) in [7, 11) is 0. The van der Waals surface area contributed by atoms with Crippen molar-refractivity contribution < 1.29 is 4.79 Å². The fraction of sp³-hybridized carbons (Fsp3) is 0.500. The lowest BCUT2D eigenvalue weighted by molar-refractivity contribution is -0.126. The summed E-state index contributed by atoms with van der Waals surface area (Å²) in [5.74, 6) is 1.29. The van der Waals surface area contributed by atoms with E-state index < -0.39 is 0 Å². The highest BCUT2D eigenvalue weighted by Gasteiger charge is 2.28. The van der Waals surface area contributed by atoms with Crippen LogP contribution < -0.4 is 15.1 Å². The van der Waals surface area contributed by atoms with Gasteiger partial charge in [-0.1, -0.05) is 30.3 Å². The van der Waals surface area contributed by atoms with Crippen molar-refractivity contribution in [1.29, 1.82) is 0 Å². The largest absolute Gasteiger partial charge is 0.367 e. The second-order valence-corrected chi connectivity index (χ2v) is 7.83. The molecule has 0 unspecified atom stereocenters. The van der Waals surface area contributed by atoms with Crippen LogP contribution in [0, 0.1) is 5.92 Å². The third-order valence-corrected chi connectivity index (χ3v) is 5.94. The number of carbonyl (C=O) groups excluding carboxylic acids is 1. The van der Waals surface area contributed by atoms with Crippen LogP contribution in [0.25, 0.3) is 0 Å². The fourth-order valence-electron chi connectivity index (χ4n) is 4.25. The SMILES string of the molecule is C[C@@H](NC(=O)C1CCN(c2cncnc2N2CCCC2)CC1)c1ccccc1. The Labute approximate surface area is 167 Å². The predicted molar refractivity (Wildman–Crippen MR) is 111 cm³/mol. The molecule has 2 fully saturated rings. The molecule has 4 rings (SSSR count). The average Bonchev–Trinajstić information content (AvgIpc) is 3.29. The molecule has 0 saturated carbocycles. The summed E-state index contributed by atoms with van der Waals surface area (Å²) in [6.07, 6.45) is 7.75. The first-order valence-electron chi connectivity index (χ1n) is 10.4. The van der Waals surface area contributed by atoms with Gasteiger partial charge in [-0.25, -0.2) is 9.97 Å². The highest BCUT2D eigenvalue weighted by atomic mass is 16.1. The van der Waals surface area contributed by atoms with Gasteiger partial charge in [0, 0.05) is 32.1 Å². The molecule has 1 aromatic heterocycles. The molecule has 0 bridgehead atoms. The fourth-order valence-corrected chi connectivity index (χ4v) is 4.25. The van der Waals surface area contributed by atoms with Crippen molar-refractivity contribution in [2.24, 2.45) is 5.92 Å². The van der Waals surface area contributed by atoms with Crippen LogP contribution in [0.3, 0.4) is 0 Å². The Hall–Kier alpha value is -2.63. The predicted octanol–water partition coefficient (Wildman–Crippen LogP) is 3.17. The van der Waals surface area contributed by atoms with Gasteiger partial charge in [0.15, 0.2) is 5.82 Å². The molecular formula is C22H29N5O. The van der Waals surface area contributed by atoms with Crippen molar-refractivity contribution in [1.82, 2.24) is 15.3 Å². The van der Waals surface area contributed by atoms with Crippen LogP contribution in [-0.2, 0) is 4.79 Å². The molecule has 1 aromatic carbocycles. The number of amides is 1. The number of nitrogens with one attached hydrogen (secondary N) is 1. The lowest BCUT2D eigenvalue weighted by Gasteiger charge is -2.35. The van der Waals surface area contributed by atoms with E-state index >= 15 is 0 Å². The number of aromatic nitrogens is 2. The lowest BCUT2D eigenvalue weighted by atomic mass is 9.95. The minimum atomic E-state index is 0.0380. The Bertz CT molecular complexity index is 783. The highest BCUT2D eigenvalue weighted by molar-refractivity contribution is 5.79. The Kier molecular flexibility index (Phi) is 5.74. The molecule has 1 amide bonds. The van der Waals surface area contributed by atoms with Gasteiger partial charge in [-0.2, -0.15) is 0 Å². The Morgan fingerprint density at radius 1 is 1.07 bits per heavy atom. The lowest BCUT2D eigenvalue weighted by Crippen LogP contribution is -2.41. The Morgan fingerprint density at radius 3 is 2.50 bits per heavy atom. The van der Waals surface area contributed by atoms with E-state index in [-0.39, 0.29) is 17.9 Å². The van der Waals surface area contributed by atoms with Crippen molar-refractivity contribution in [3.8, 4) is 0 Å². The molecule has 3 heterocycles. The van der Waals surface area contributed by atoms with Gasteiger partial charge < -0.3 is 15.1 Å². The van der Waals surface area contributed by atoms with Crippen LogP contribution in [0.15, 0.2) is 42.9 Å². The Balaban J connectivity index is 1.35. The summed E-state index contributed by atoms with van der Waals surface area (Å²) >= 11 is 0. The maximum absolute atomic E-state index is 12.7. The molecule has 2 saturated heterocycles. The normalized spacial score (nSPS) is 18.9. The van der Waals surface area contributed by atoms with Gasteiger partial charge in [0.05, 0.1) is 17.9 Å². The van der Waals surface area contributed by atoms with Crippen LogP contribution >= 0.6 is 0 Å². The number of hydrogen-bond acceptors (Lipinski definition) is 5. The molecular weight excluding hydrogens is 350 g/mol. The number of piperidine rings is 1. The van der Waals surface area contributed by atoms with E-state index in [1.54, 1.807) is 6.33 Å². The number of rotatable bonds is 5. The van der Waals surface area contributed by atoms with E-state index in [0.29, 0.717) is 0 Å². The van der Waals surface area contributed by atoms with Crippen molar-refractivity contribution in [2.75, 3.05) is 36.0 Å². The maximum atomic E-state index is 12.7. The van der Waals surface area contributed by atoms with Crippen LogP contribution in [0.1, 0.15) is 44.2 Å². The molecule has 148 valence electrons. The molecule has 28 heavy (non-hydrogen) atoms. The standard InChI is InChI=1S/C22H29N5O/c1-17(18-7-3-2-4-8-18)25-22(28)19-9-13-26(14-10-19)20-15-23-16-24-21(20)27-11-5-6-12-27/h2-4,7-8,15-17,19H,5-6,9-14H2,1H3,(H,25,28)/t17-/m1/s1. The Morgan fingerprint density at radius 2 is 1.79 bits per heavy atom. The van der Waals surface area contributed by atoms with Crippen LogP contribution in [0.2, 0.25) is 0 Å². The second-order valence-electron chi connectivity index (χ2n) is 7.83. The third kappa shape index (κ3) is 4.11. The monoisotopic (exact) mass is 379 g/mol. The number of anilines is 2. The molecule has 6 nitrogen and oxygen atoms in total. The molecule has 0 radical (unpaired) electrons. The van der Waals surface area contributed by atoms with Crippen LogP contribution in [0.5, 0.6) is 0 Å². The molecule has 2 aliphatic rings. The van der Waals surface area contributed by atoms with Gasteiger partial charge in [0.2, 0.25) is 5.91 Å².